The number of carboxylic acid groups (broad SMARTS) is 1. The number of carboxylic acids is 1. The van der Waals surface area contributed by atoms with Crippen LogP contribution in [0.3, 0.4) is 0 Å². The van der Waals surface area contributed by atoms with Gasteiger partial charge in [0.15, 0.2) is 43.5 Å². The molecule has 4 heterocycles. The Balaban J connectivity index is 1.05. The highest BCUT2D eigenvalue weighted by Gasteiger charge is 2.77. The molecule has 28 nitrogen and oxygen atoms in total. The molecule has 0 aromatic rings. The highest BCUT2D eigenvalue weighted by Crippen LogP contribution is 2.76. The summed E-state index contributed by atoms with van der Waals surface area (Å²) in [5.41, 5.74) is -5.32. The lowest BCUT2D eigenvalue weighted by Gasteiger charge is -2.73. The zero-order chi connectivity index (χ0) is 68.9. The van der Waals surface area contributed by atoms with Crippen molar-refractivity contribution in [2.75, 3.05) is 19.8 Å². The van der Waals surface area contributed by atoms with Gasteiger partial charge in [-0.2, -0.15) is 0 Å². The third-order valence-electron chi connectivity index (χ3n) is 23.7. The van der Waals surface area contributed by atoms with E-state index in [1.165, 1.54) is 26.0 Å². The molecule has 5 aliphatic carbocycles. The van der Waals surface area contributed by atoms with Crippen molar-refractivity contribution in [1.29, 1.82) is 0 Å². The van der Waals surface area contributed by atoms with Crippen LogP contribution in [-0.2, 0) is 71.3 Å². The maximum absolute atomic E-state index is 14.3. The van der Waals surface area contributed by atoms with E-state index in [9.17, 15) is 85.6 Å². The minimum Gasteiger partial charge on any atom is -0.479 e. The van der Waals surface area contributed by atoms with Crippen LogP contribution in [0.2, 0.25) is 0 Å². The predicted octanol–water partition coefficient (Wildman–Crippen LogP) is -0.315. The third kappa shape index (κ3) is 12.2. The highest BCUT2D eigenvalue weighted by atomic mass is 16.8. The fourth-order valence-corrected chi connectivity index (χ4v) is 18.0. The number of aliphatic carboxylic acids is 1. The molecule has 13 N–H and O–H groups in total. The zero-order valence-corrected chi connectivity index (χ0v) is 55.1. The lowest BCUT2D eigenvalue weighted by molar-refractivity contribution is -0.386. The van der Waals surface area contributed by atoms with Crippen molar-refractivity contribution >= 4 is 23.9 Å². The molecule has 0 amide bonds. The minimum absolute atomic E-state index is 0.162. The largest absolute Gasteiger partial charge is 0.479 e. The summed E-state index contributed by atoms with van der Waals surface area (Å²) in [5, 5.41) is 148. The molecule has 3 unspecified atom stereocenters. The second-order valence-corrected chi connectivity index (χ2v) is 29.4. The number of hydrogen-bond acceptors (Lipinski definition) is 27. The van der Waals surface area contributed by atoms with Crippen LogP contribution in [0.5, 0.6) is 0 Å². The monoisotopic (exact) mass is 1330 g/mol. The van der Waals surface area contributed by atoms with Crippen LogP contribution in [-0.4, -0.2) is 257 Å². The molecule has 9 rings (SSSR count). The van der Waals surface area contributed by atoms with E-state index in [0.29, 0.717) is 25.7 Å². The molecular weight excluding hydrogens is 1230 g/mol. The molecule has 8 fully saturated rings. The Kier molecular flexibility index (Phi) is 21.5. The zero-order valence-electron chi connectivity index (χ0n) is 55.1. The molecular formula is C65H100O28. The Morgan fingerprint density at radius 1 is 0.581 bits per heavy atom. The number of allylic oxidation sites excluding steroid dienone is 3. The standard InChI is InChI=1S/C65H100O28/c1-14-26(3)54(81)88-46-43(76)58(83-28(5)44(46)84-29(6)69)93-51-52(92-55(82)27(4)15-2)65(25-68)31(22-60(51,7)8)30-16-17-35-62(11)20-19-36(61(9,10)34(62)18-21-63(35,12)64(30,13)49(77)50(65)78)87-59-48(91-57-41(74)39(72)37(70)32(23-66)85-57)45(42(75)47(90-59)53(79)80)89-56-40(73)38(71)33(24-67)86-56/h14-16,28,31-52,56-59,66-68,70-78H,17-25H2,1-13H3,(H,79,80)/b26-14-,27-15-/t28-,31?,32+,33+,34?,35?,36-,37-,38+,39-,40-,41+,42-,43+,44-,45-,46-,47-,48+,49+,50-,51-,52+,56+,57-,58-,59-,62-,63+,64-,65-/m0/s1. The summed E-state index contributed by atoms with van der Waals surface area (Å²) in [5.74, 6) is -5.28. The van der Waals surface area contributed by atoms with E-state index >= 15 is 0 Å². The van der Waals surface area contributed by atoms with Gasteiger partial charge in [-0.25, -0.2) is 14.4 Å². The number of aliphatic hydroxyl groups is 12. The SMILES string of the molecule is C/C=C(/C)C(=O)O[C@H]1[C@@H](O)[C@H](O[C@H]2[C@@H](OC(=O)/C(C)=C\C)[C@@]3(CO)C(CC2(C)C)C2=CCC4[C@@]5(C)CC[C@H](O[C@H]6O[C@H](C(=O)O)[C@@H](O)[C@H](O[C@H]7O[C@H](CO)[C@@H](O)[C@@H]7O)[C@H]6O[C@@H]6O[C@H](CO)[C@H](O)[C@H](O)[C@H]6O)C(C)(C)C5CC[C@@]4(C)[C@]2(C)[C@H](O)[C@@H]3O)O[C@@H](C)[C@@H]1OC(C)=O. The van der Waals surface area contributed by atoms with Gasteiger partial charge >= 0.3 is 23.9 Å². The fourth-order valence-electron chi connectivity index (χ4n) is 18.0. The van der Waals surface area contributed by atoms with E-state index in [0.717, 1.165) is 12.5 Å². The predicted molar refractivity (Wildman–Crippen MR) is 318 cm³/mol. The maximum Gasteiger partial charge on any atom is 0.335 e. The molecule has 0 bridgehead atoms. The van der Waals surface area contributed by atoms with Crippen LogP contribution in [0.1, 0.15) is 129 Å². The third-order valence-corrected chi connectivity index (χ3v) is 23.7. The van der Waals surface area contributed by atoms with Crippen LogP contribution in [0.25, 0.3) is 0 Å². The molecule has 28 heteroatoms. The number of aliphatic hydroxyl groups excluding tert-OH is 12. The summed E-state index contributed by atoms with van der Waals surface area (Å²) in [7, 11) is 0. The molecule has 0 aromatic carbocycles. The fraction of sp³-hybridized carbons (Fsp3) is 0.846. The Hall–Kier alpha value is -3.70. The van der Waals surface area contributed by atoms with Gasteiger partial charge in [-0.1, -0.05) is 72.3 Å². The highest BCUT2D eigenvalue weighted by molar-refractivity contribution is 5.88. The molecule has 0 aromatic heterocycles. The summed E-state index contributed by atoms with van der Waals surface area (Å²) in [6.45, 7) is 20.5. The van der Waals surface area contributed by atoms with E-state index in [4.69, 9.17) is 52.1 Å². The topological polar surface area (TPSA) is 433 Å². The van der Waals surface area contributed by atoms with Crippen LogP contribution in [0.15, 0.2) is 34.9 Å². The molecule has 31 atom stereocenters. The van der Waals surface area contributed by atoms with Crippen molar-refractivity contribution in [2.24, 2.45) is 50.2 Å². The number of hydrogen-bond donors (Lipinski definition) is 13. The van der Waals surface area contributed by atoms with E-state index in [1.54, 1.807) is 20.8 Å². The van der Waals surface area contributed by atoms with Crippen LogP contribution < -0.4 is 0 Å². The van der Waals surface area contributed by atoms with Gasteiger partial charge in [0.25, 0.3) is 0 Å². The van der Waals surface area contributed by atoms with Crippen LogP contribution in [0, 0.1) is 50.2 Å². The van der Waals surface area contributed by atoms with Gasteiger partial charge in [0.05, 0.1) is 49.7 Å². The van der Waals surface area contributed by atoms with Gasteiger partial charge in [0.2, 0.25) is 0 Å². The van der Waals surface area contributed by atoms with Gasteiger partial charge in [-0.3, -0.25) is 4.79 Å². The van der Waals surface area contributed by atoms with E-state index in [1.807, 2.05) is 34.6 Å². The molecule has 0 radical (unpaired) electrons. The van der Waals surface area contributed by atoms with E-state index in [-0.39, 0.29) is 35.8 Å². The lowest BCUT2D eigenvalue weighted by atomic mass is 9.32. The minimum atomic E-state index is -2.16. The van der Waals surface area contributed by atoms with E-state index < -0.39 is 229 Å². The smallest absolute Gasteiger partial charge is 0.335 e. The molecule has 4 aliphatic heterocycles. The first-order valence-electron chi connectivity index (χ1n) is 32.4. The first kappa shape index (κ1) is 73.5. The Morgan fingerprint density at radius 2 is 1.14 bits per heavy atom. The molecule has 0 spiro atoms. The van der Waals surface area contributed by atoms with Gasteiger partial charge in [-0.05, 0) is 113 Å². The first-order valence-corrected chi connectivity index (χ1v) is 32.4. The van der Waals surface area contributed by atoms with Gasteiger partial charge in [0, 0.05) is 23.5 Å². The van der Waals surface area contributed by atoms with Gasteiger partial charge < -0.3 is 118 Å². The van der Waals surface area contributed by atoms with E-state index in [2.05, 4.69) is 19.9 Å². The average molecular weight is 1330 g/mol. The van der Waals surface area contributed by atoms with Gasteiger partial charge in [-0.15, -0.1) is 0 Å². The summed E-state index contributed by atoms with van der Waals surface area (Å²) < 4.78 is 67.5. The average Bonchev–Trinajstić information content (AvgIpc) is 0.833. The summed E-state index contributed by atoms with van der Waals surface area (Å²) >= 11 is 0. The van der Waals surface area contributed by atoms with Crippen molar-refractivity contribution in [2.45, 2.75) is 276 Å². The Morgan fingerprint density at radius 3 is 1.70 bits per heavy atom. The summed E-state index contributed by atoms with van der Waals surface area (Å²) in [6.07, 6.45) is -32.9. The summed E-state index contributed by atoms with van der Waals surface area (Å²) in [4.78, 5) is 53.0. The maximum atomic E-state index is 14.3. The molecule has 4 saturated carbocycles. The van der Waals surface area contributed by atoms with Crippen molar-refractivity contribution < 1.29 is 138 Å². The van der Waals surface area contributed by atoms with Crippen molar-refractivity contribution in [1.82, 2.24) is 0 Å². The Labute approximate surface area is 540 Å². The quantitative estimate of drug-likeness (QED) is 0.0292. The summed E-state index contributed by atoms with van der Waals surface area (Å²) in [6, 6.07) is 0. The van der Waals surface area contributed by atoms with Crippen molar-refractivity contribution in [3.8, 4) is 0 Å². The Bertz CT molecular complexity index is 2820. The van der Waals surface area contributed by atoms with Crippen LogP contribution >= 0.6 is 0 Å². The molecule has 9 aliphatic rings. The van der Waals surface area contributed by atoms with Gasteiger partial charge in [0.1, 0.15) is 79.4 Å². The van der Waals surface area contributed by atoms with Crippen molar-refractivity contribution in [3.05, 3.63) is 34.9 Å². The normalized spacial score (nSPS) is 48.8. The second-order valence-electron chi connectivity index (χ2n) is 29.4. The number of carbonyl (C=O) groups excluding carboxylic acids is 3. The van der Waals surface area contributed by atoms with Crippen molar-refractivity contribution in [3.63, 3.8) is 0 Å². The number of rotatable bonds is 17. The molecule has 4 saturated heterocycles. The number of carbonyl (C=O) groups is 4. The van der Waals surface area contributed by atoms with Crippen LogP contribution in [0.4, 0.5) is 0 Å². The number of fused-ring (bicyclic) bond motifs is 7. The molecule has 93 heavy (non-hydrogen) atoms. The number of esters is 3. The first-order chi connectivity index (χ1) is 43.4. The second kappa shape index (κ2) is 27.2. The number of ether oxygens (including phenoxy) is 11. The lowest BCUT2D eigenvalue weighted by Crippen LogP contribution is -2.77. The molecule has 528 valence electrons.